The molecule has 1 saturated carbocycles. The summed E-state index contributed by atoms with van der Waals surface area (Å²) in [6, 6.07) is 3.00. The maximum atomic E-state index is 12.6. The van der Waals surface area contributed by atoms with Crippen LogP contribution in [0.4, 0.5) is 5.00 Å². The largest absolute Gasteiger partial charge is 0.324 e. The van der Waals surface area contributed by atoms with Crippen LogP contribution in [0.2, 0.25) is 0 Å². The highest BCUT2D eigenvalue weighted by Crippen LogP contribution is 2.38. The Bertz CT molecular complexity index is 673. The van der Waals surface area contributed by atoms with Gasteiger partial charge < -0.3 is 10.2 Å². The van der Waals surface area contributed by atoms with Gasteiger partial charge in [0.1, 0.15) is 11.1 Å². The molecule has 128 valence electrons. The van der Waals surface area contributed by atoms with E-state index in [9.17, 15) is 10.1 Å². The quantitative estimate of drug-likeness (QED) is 0.884. The van der Waals surface area contributed by atoms with Crippen molar-refractivity contribution >= 4 is 22.2 Å². The number of carbonyl (C=O) groups excluding carboxylic acids is 1. The summed E-state index contributed by atoms with van der Waals surface area (Å²) in [5.74, 6) is 0.920. The summed E-state index contributed by atoms with van der Waals surface area (Å²) in [4.78, 5) is 15.4. The number of amides is 1. The summed E-state index contributed by atoms with van der Waals surface area (Å²) in [6.45, 7) is 1.69. The van der Waals surface area contributed by atoms with E-state index >= 15 is 0 Å². The zero-order valence-electron chi connectivity index (χ0n) is 14.2. The molecule has 1 amide bonds. The van der Waals surface area contributed by atoms with E-state index in [0.717, 1.165) is 42.3 Å². The Morgan fingerprint density at radius 1 is 1.21 bits per heavy atom. The Kier molecular flexibility index (Phi) is 4.60. The van der Waals surface area contributed by atoms with Gasteiger partial charge in [0.15, 0.2) is 6.54 Å². The zero-order chi connectivity index (χ0) is 16.5. The van der Waals surface area contributed by atoms with Crippen LogP contribution in [0, 0.1) is 17.2 Å². The number of nitriles is 1. The number of aryl methyl sites for hydroxylation is 1. The number of nitrogens with one attached hydrogen (secondary N) is 2. The molecular formula is C19H26N3OS+. The van der Waals surface area contributed by atoms with E-state index in [1.807, 2.05) is 0 Å². The highest BCUT2D eigenvalue weighted by molar-refractivity contribution is 7.16. The molecule has 0 bridgehead atoms. The molecule has 2 heterocycles. The normalized spacial score (nSPS) is 28.7. The summed E-state index contributed by atoms with van der Waals surface area (Å²) in [5.41, 5.74) is 1.92. The predicted molar refractivity (Wildman–Crippen MR) is 95.4 cm³/mol. The van der Waals surface area contributed by atoms with Crippen LogP contribution in [-0.2, 0) is 17.6 Å². The van der Waals surface area contributed by atoms with Gasteiger partial charge in [0.25, 0.3) is 5.91 Å². The first-order valence-corrected chi connectivity index (χ1v) is 10.3. The maximum absolute atomic E-state index is 12.6. The number of likely N-dealkylation sites (tertiary alicyclic amines) is 1. The number of fused-ring (bicyclic) bond motifs is 2. The van der Waals surface area contributed by atoms with Crippen molar-refractivity contribution in [3.05, 3.63) is 16.0 Å². The Morgan fingerprint density at radius 3 is 2.92 bits per heavy atom. The average molecular weight is 345 g/mol. The van der Waals surface area contributed by atoms with Crippen molar-refractivity contribution in [1.29, 1.82) is 5.26 Å². The van der Waals surface area contributed by atoms with Gasteiger partial charge in [-0.15, -0.1) is 11.3 Å². The van der Waals surface area contributed by atoms with Gasteiger partial charge in [-0.25, -0.2) is 0 Å². The van der Waals surface area contributed by atoms with E-state index in [4.69, 9.17) is 0 Å². The minimum Gasteiger partial charge on any atom is -0.324 e. The summed E-state index contributed by atoms with van der Waals surface area (Å²) < 4.78 is 0. The fraction of sp³-hybridized carbons (Fsp3) is 0.684. The Morgan fingerprint density at radius 2 is 2.04 bits per heavy atom. The molecule has 2 N–H and O–H groups in total. The molecule has 3 atom stereocenters. The van der Waals surface area contributed by atoms with E-state index in [1.165, 1.54) is 53.9 Å². The molecule has 1 saturated heterocycles. The SMILES string of the molecule is N#Cc1c(NC(=O)C[NH+]2CCC[C@@H]3CCCC[C@@H]32)sc2c1CCC2. The molecule has 0 radical (unpaired) electrons. The lowest BCUT2D eigenvalue weighted by molar-refractivity contribution is -0.928. The second kappa shape index (κ2) is 6.85. The van der Waals surface area contributed by atoms with E-state index in [1.54, 1.807) is 11.3 Å². The van der Waals surface area contributed by atoms with Gasteiger partial charge in [-0.1, -0.05) is 6.42 Å². The summed E-state index contributed by atoms with van der Waals surface area (Å²) >= 11 is 1.62. The number of quaternary nitrogens is 1. The summed E-state index contributed by atoms with van der Waals surface area (Å²) in [6.07, 6.45) is 11.1. The number of hydrogen-bond acceptors (Lipinski definition) is 3. The number of carbonyl (C=O) groups is 1. The average Bonchev–Trinajstić information content (AvgIpc) is 3.15. The van der Waals surface area contributed by atoms with Crippen LogP contribution in [0.15, 0.2) is 0 Å². The maximum Gasteiger partial charge on any atom is 0.280 e. The predicted octanol–water partition coefficient (Wildman–Crippen LogP) is 2.28. The van der Waals surface area contributed by atoms with E-state index < -0.39 is 0 Å². The fourth-order valence-electron chi connectivity index (χ4n) is 5.07. The van der Waals surface area contributed by atoms with Crippen LogP contribution in [0.25, 0.3) is 0 Å². The van der Waals surface area contributed by atoms with Crippen molar-refractivity contribution < 1.29 is 9.69 Å². The second-order valence-electron chi connectivity index (χ2n) is 7.60. The van der Waals surface area contributed by atoms with Crippen molar-refractivity contribution in [2.75, 3.05) is 18.4 Å². The van der Waals surface area contributed by atoms with E-state index in [2.05, 4.69) is 11.4 Å². The van der Waals surface area contributed by atoms with Crippen LogP contribution in [-0.4, -0.2) is 25.0 Å². The summed E-state index contributed by atoms with van der Waals surface area (Å²) in [5, 5.41) is 13.3. The molecule has 1 aromatic heterocycles. The van der Waals surface area contributed by atoms with Crippen LogP contribution in [0.5, 0.6) is 0 Å². The molecular weight excluding hydrogens is 318 g/mol. The molecule has 2 aliphatic carbocycles. The fourth-order valence-corrected chi connectivity index (χ4v) is 6.33. The first-order valence-electron chi connectivity index (χ1n) is 9.45. The molecule has 2 fully saturated rings. The third-order valence-corrected chi connectivity index (χ3v) is 7.39. The number of hydrogen-bond donors (Lipinski definition) is 2. The Labute approximate surface area is 147 Å². The topological polar surface area (TPSA) is 57.3 Å². The Balaban J connectivity index is 1.43. The molecule has 0 aromatic carbocycles. The lowest BCUT2D eigenvalue weighted by Crippen LogP contribution is -3.18. The minimum absolute atomic E-state index is 0.0904. The van der Waals surface area contributed by atoms with Gasteiger partial charge in [0.2, 0.25) is 0 Å². The lowest BCUT2D eigenvalue weighted by atomic mass is 9.78. The highest BCUT2D eigenvalue weighted by Gasteiger charge is 2.37. The van der Waals surface area contributed by atoms with Crippen LogP contribution >= 0.6 is 11.3 Å². The van der Waals surface area contributed by atoms with E-state index in [0.29, 0.717) is 12.6 Å². The first-order chi connectivity index (χ1) is 11.8. The van der Waals surface area contributed by atoms with Crippen molar-refractivity contribution in [1.82, 2.24) is 0 Å². The molecule has 1 unspecified atom stereocenters. The minimum atomic E-state index is 0.0904. The van der Waals surface area contributed by atoms with Crippen molar-refractivity contribution in [3.63, 3.8) is 0 Å². The third kappa shape index (κ3) is 2.98. The van der Waals surface area contributed by atoms with Crippen molar-refractivity contribution in [3.8, 4) is 6.07 Å². The van der Waals surface area contributed by atoms with Crippen LogP contribution in [0.3, 0.4) is 0 Å². The second-order valence-corrected chi connectivity index (χ2v) is 8.70. The molecule has 3 aliphatic rings. The highest BCUT2D eigenvalue weighted by atomic mass is 32.1. The van der Waals surface area contributed by atoms with Crippen molar-refractivity contribution in [2.24, 2.45) is 5.92 Å². The first kappa shape index (κ1) is 16.1. The number of nitrogens with zero attached hydrogens (tertiary/aromatic N) is 1. The number of thiophene rings is 1. The molecule has 1 aromatic rings. The number of anilines is 1. The third-order valence-electron chi connectivity index (χ3n) is 6.18. The van der Waals surface area contributed by atoms with Gasteiger partial charge >= 0.3 is 0 Å². The molecule has 1 aliphatic heterocycles. The molecule has 24 heavy (non-hydrogen) atoms. The zero-order valence-corrected chi connectivity index (χ0v) is 15.0. The van der Waals surface area contributed by atoms with Gasteiger partial charge in [0, 0.05) is 10.8 Å². The molecule has 5 heteroatoms. The number of piperidine rings is 1. The summed E-state index contributed by atoms with van der Waals surface area (Å²) in [7, 11) is 0. The van der Waals surface area contributed by atoms with Gasteiger partial charge in [-0.3, -0.25) is 4.79 Å². The molecule has 4 nitrogen and oxygen atoms in total. The van der Waals surface area contributed by atoms with E-state index in [-0.39, 0.29) is 5.91 Å². The lowest BCUT2D eigenvalue weighted by Gasteiger charge is -2.40. The van der Waals surface area contributed by atoms with Gasteiger partial charge in [-0.2, -0.15) is 5.26 Å². The number of rotatable bonds is 3. The molecule has 4 rings (SSSR count). The van der Waals surface area contributed by atoms with Crippen LogP contribution in [0.1, 0.15) is 60.9 Å². The van der Waals surface area contributed by atoms with Crippen molar-refractivity contribution in [2.45, 2.75) is 63.8 Å². The van der Waals surface area contributed by atoms with Crippen LogP contribution < -0.4 is 10.2 Å². The van der Waals surface area contributed by atoms with Gasteiger partial charge in [-0.05, 0) is 56.9 Å². The monoisotopic (exact) mass is 344 g/mol. The molecule has 0 spiro atoms. The Hall–Kier alpha value is -1.38. The smallest absolute Gasteiger partial charge is 0.280 e. The van der Waals surface area contributed by atoms with Gasteiger partial charge in [0.05, 0.1) is 18.2 Å². The standard InChI is InChI=1S/C19H25N3OS/c20-11-15-14-7-3-9-17(14)24-19(15)21-18(23)12-22-10-4-6-13-5-1-2-8-16(13)22/h13,16H,1-10,12H2,(H,21,23)/p+1/t13-,16-/m0/s1.